The fourth-order valence-corrected chi connectivity index (χ4v) is 5.70. The number of para-hydroxylation sites is 1. The summed E-state index contributed by atoms with van der Waals surface area (Å²) in [4.78, 5) is 41.5. The third kappa shape index (κ3) is 3.30. The molecule has 0 saturated carbocycles. The molecule has 2 N–H and O–H groups in total. The molecule has 0 radical (unpaired) electrons. The van der Waals surface area contributed by atoms with Crippen molar-refractivity contribution in [3.05, 3.63) is 77.1 Å². The van der Waals surface area contributed by atoms with Gasteiger partial charge in [0.05, 0.1) is 21.1 Å². The molecular formula is C21H14N4O4S3. The molecule has 0 saturated heterocycles. The van der Waals surface area contributed by atoms with Crippen molar-refractivity contribution in [1.29, 1.82) is 0 Å². The Labute approximate surface area is 193 Å². The minimum absolute atomic E-state index is 0.148. The van der Waals surface area contributed by atoms with Crippen LogP contribution in [0.5, 0.6) is 5.88 Å². The molecule has 0 spiro atoms. The molecule has 1 aliphatic heterocycles. The normalized spacial score (nSPS) is 12.8. The topological polar surface area (TPSA) is 106 Å². The summed E-state index contributed by atoms with van der Waals surface area (Å²) in [5.74, 6) is -1.38. The Kier molecular flexibility index (Phi) is 4.88. The van der Waals surface area contributed by atoms with Crippen LogP contribution in [0.4, 0.5) is 0 Å². The molecule has 0 atom stereocenters. The quantitative estimate of drug-likeness (QED) is 0.432. The van der Waals surface area contributed by atoms with Gasteiger partial charge in [0.1, 0.15) is 11.4 Å². The van der Waals surface area contributed by atoms with E-state index in [9.17, 15) is 19.5 Å². The maximum atomic E-state index is 12.7. The average Bonchev–Trinajstić information content (AvgIpc) is 3.34. The molecule has 0 aliphatic carbocycles. The van der Waals surface area contributed by atoms with Crippen LogP contribution < -0.4 is 20.9 Å². The minimum Gasteiger partial charge on any atom is -0.492 e. The summed E-state index contributed by atoms with van der Waals surface area (Å²) < 4.78 is 3.33. The van der Waals surface area contributed by atoms with E-state index in [0.29, 0.717) is 16.1 Å². The standard InChI is InChI=1S/C21H14N4O4S3/c1-10-6-7-12-11(8-10)16(18(27)22-12)17-19(28)25(21(30)32-17)23-15(26)9-24-13-4-2-3-5-14(13)31-20(24)29/h2-8,28H,9H2,1H3,(H,23,26). The summed E-state index contributed by atoms with van der Waals surface area (Å²) in [5, 5.41) is 11.9. The molecule has 4 aromatic rings. The van der Waals surface area contributed by atoms with Gasteiger partial charge in [0, 0.05) is 5.22 Å². The van der Waals surface area contributed by atoms with Crippen LogP contribution in [0.25, 0.3) is 15.8 Å². The Hall–Kier alpha value is -3.41. The molecule has 2 aromatic carbocycles. The van der Waals surface area contributed by atoms with Crippen molar-refractivity contribution in [3.63, 3.8) is 0 Å². The second-order valence-electron chi connectivity index (χ2n) is 7.13. The van der Waals surface area contributed by atoms with Crippen LogP contribution in [-0.4, -0.2) is 26.2 Å². The Morgan fingerprint density at radius 2 is 1.97 bits per heavy atom. The van der Waals surface area contributed by atoms with Crippen molar-refractivity contribution in [2.45, 2.75) is 13.5 Å². The lowest BCUT2D eigenvalue weighted by Gasteiger charge is -2.08. The first-order chi connectivity index (χ1) is 15.3. The molecule has 0 bridgehead atoms. The van der Waals surface area contributed by atoms with Crippen molar-refractivity contribution in [2.24, 2.45) is 4.99 Å². The van der Waals surface area contributed by atoms with E-state index in [-0.39, 0.29) is 31.7 Å². The lowest BCUT2D eigenvalue weighted by Crippen LogP contribution is -2.29. The summed E-state index contributed by atoms with van der Waals surface area (Å²) in [6.45, 7) is 1.64. The van der Waals surface area contributed by atoms with Gasteiger partial charge in [0.15, 0.2) is 3.95 Å². The number of aromatic nitrogens is 2. The number of amides is 2. The van der Waals surface area contributed by atoms with Gasteiger partial charge in [0.25, 0.3) is 11.8 Å². The number of hydrogen-bond donors (Lipinski definition) is 2. The largest absolute Gasteiger partial charge is 0.492 e. The number of thiazole rings is 2. The van der Waals surface area contributed by atoms with E-state index in [1.807, 2.05) is 31.2 Å². The number of carbonyl (C=O) groups is 2. The predicted octanol–water partition coefficient (Wildman–Crippen LogP) is 1.80. The summed E-state index contributed by atoms with van der Waals surface area (Å²) >= 11 is 7.36. The Morgan fingerprint density at radius 1 is 1.19 bits per heavy atom. The maximum absolute atomic E-state index is 12.7. The average molecular weight is 483 g/mol. The highest BCUT2D eigenvalue weighted by atomic mass is 32.1. The van der Waals surface area contributed by atoms with Crippen LogP contribution in [0, 0.1) is 10.9 Å². The molecule has 5 rings (SSSR count). The van der Waals surface area contributed by atoms with Crippen molar-refractivity contribution in [2.75, 3.05) is 5.43 Å². The first-order valence-corrected chi connectivity index (χ1v) is 11.4. The number of fused-ring (bicyclic) bond motifs is 2. The van der Waals surface area contributed by atoms with Crippen LogP contribution in [-0.2, 0) is 16.1 Å². The van der Waals surface area contributed by atoms with E-state index in [1.165, 1.54) is 4.57 Å². The number of nitrogens with zero attached hydrogens (tertiary/aromatic N) is 3. The van der Waals surface area contributed by atoms with E-state index in [0.717, 1.165) is 37.6 Å². The molecule has 11 heteroatoms. The second-order valence-corrected chi connectivity index (χ2v) is 9.76. The number of aromatic hydroxyl groups is 1. The Bertz CT molecular complexity index is 1690. The third-order valence-corrected chi connectivity index (χ3v) is 7.32. The molecular weight excluding hydrogens is 468 g/mol. The summed E-state index contributed by atoms with van der Waals surface area (Å²) in [7, 11) is 0. The molecule has 32 heavy (non-hydrogen) atoms. The monoisotopic (exact) mass is 482 g/mol. The SMILES string of the molecule is Cc1ccc2c(c1)=C(c1sc(=S)n(NC(=O)Cn3c(=O)sc4ccccc43)c1O)C(=O)N=2. The first-order valence-electron chi connectivity index (χ1n) is 9.41. The van der Waals surface area contributed by atoms with E-state index in [4.69, 9.17) is 12.2 Å². The highest BCUT2D eigenvalue weighted by molar-refractivity contribution is 7.73. The molecule has 0 unspecified atom stereocenters. The van der Waals surface area contributed by atoms with Gasteiger partial charge in [-0.25, -0.2) is 4.99 Å². The lowest BCUT2D eigenvalue weighted by atomic mass is 10.1. The predicted molar refractivity (Wildman–Crippen MR) is 125 cm³/mol. The van der Waals surface area contributed by atoms with E-state index in [1.54, 1.807) is 18.2 Å². The van der Waals surface area contributed by atoms with Crippen molar-refractivity contribution in [1.82, 2.24) is 9.24 Å². The van der Waals surface area contributed by atoms with Gasteiger partial charge in [-0.3, -0.25) is 24.4 Å². The Morgan fingerprint density at radius 3 is 2.78 bits per heavy atom. The van der Waals surface area contributed by atoms with Gasteiger partial charge in [-0.2, -0.15) is 4.68 Å². The summed E-state index contributed by atoms with van der Waals surface area (Å²) in [6.07, 6.45) is 0. The Balaban J connectivity index is 1.51. The third-order valence-electron chi connectivity index (χ3n) is 4.98. The number of nitrogens with one attached hydrogen (secondary N) is 1. The van der Waals surface area contributed by atoms with Crippen molar-refractivity contribution in [3.8, 4) is 5.88 Å². The van der Waals surface area contributed by atoms with Crippen molar-refractivity contribution >= 4 is 62.5 Å². The highest BCUT2D eigenvalue weighted by Gasteiger charge is 2.26. The van der Waals surface area contributed by atoms with Gasteiger partial charge >= 0.3 is 4.87 Å². The smallest absolute Gasteiger partial charge is 0.308 e. The summed E-state index contributed by atoms with van der Waals surface area (Å²) in [6, 6.07) is 12.6. The zero-order chi connectivity index (χ0) is 22.6. The van der Waals surface area contributed by atoms with E-state index < -0.39 is 11.8 Å². The number of rotatable bonds is 4. The van der Waals surface area contributed by atoms with Crippen LogP contribution in [0.3, 0.4) is 0 Å². The second kappa shape index (κ2) is 7.62. The van der Waals surface area contributed by atoms with Gasteiger partial charge in [0.2, 0.25) is 5.88 Å². The fourth-order valence-electron chi connectivity index (χ4n) is 3.54. The number of carbonyl (C=O) groups excluding carboxylic acids is 2. The molecule has 3 heterocycles. The molecule has 1 aliphatic rings. The zero-order valence-electron chi connectivity index (χ0n) is 16.5. The van der Waals surface area contributed by atoms with Gasteiger partial charge in [-0.15, -0.1) is 0 Å². The molecule has 0 fully saturated rings. The van der Waals surface area contributed by atoms with Crippen LogP contribution in [0.1, 0.15) is 10.4 Å². The molecule has 2 aromatic heterocycles. The maximum Gasteiger partial charge on any atom is 0.308 e. The molecule has 8 nitrogen and oxygen atoms in total. The van der Waals surface area contributed by atoms with E-state index in [2.05, 4.69) is 10.4 Å². The number of benzene rings is 2. The first kappa shape index (κ1) is 20.5. The molecule has 2 amide bonds. The van der Waals surface area contributed by atoms with Crippen LogP contribution in [0.2, 0.25) is 0 Å². The fraction of sp³-hybridized carbons (Fsp3) is 0.0952. The molecule has 160 valence electrons. The van der Waals surface area contributed by atoms with Gasteiger partial charge < -0.3 is 5.11 Å². The van der Waals surface area contributed by atoms with Crippen LogP contribution in [0.15, 0.2) is 52.3 Å². The number of hydrogen-bond acceptors (Lipinski definition) is 7. The van der Waals surface area contributed by atoms with Gasteiger partial charge in [-0.1, -0.05) is 46.4 Å². The van der Waals surface area contributed by atoms with E-state index >= 15 is 0 Å². The zero-order valence-corrected chi connectivity index (χ0v) is 18.9. The summed E-state index contributed by atoms with van der Waals surface area (Å²) in [5.41, 5.74) is 4.36. The number of aryl methyl sites for hydroxylation is 1. The highest BCUT2D eigenvalue weighted by Crippen LogP contribution is 2.31. The van der Waals surface area contributed by atoms with Crippen molar-refractivity contribution < 1.29 is 14.7 Å². The van der Waals surface area contributed by atoms with Crippen LogP contribution >= 0.6 is 34.9 Å². The minimum atomic E-state index is -0.546. The van der Waals surface area contributed by atoms with Gasteiger partial charge in [-0.05, 0) is 43.4 Å². The lowest BCUT2D eigenvalue weighted by molar-refractivity contribution is -0.117.